The molecule has 4 nitrogen and oxygen atoms in total. The Morgan fingerprint density at radius 2 is 2.17 bits per heavy atom. The third kappa shape index (κ3) is 5.24. The van der Waals surface area contributed by atoms with Gasteiger partial charge < -0.3 is 14.1 Å². The molecular weight excluding hydrogens is 290 g/mol. The van der Waals surface area contributed by atoms with Gasteiger partial charge in [0.15, 0.2) is 11.3 Å². The van der Waals surface area contributed by atoms with Crippen LogP contribution in [0.25, 0.3) is 11.2 Å². The summed E-state index contributed by atoms with van der Waals surface area (Å²) in [5.74, 6) is 0.376. The molecule has 0 aromatic carbocycles. The Morgan fingerprint density at radius 1 is 1.35 bits per heavy atom. The lowest BCUT2D eigenvalue weighted by Crippen LogP contribution is -2.23. The third-order valence-corrected chi connectivity index (χ3v) is 4.49. The van der Waals surface area contributed by atoms with Crippen molar-refractivity contribution in [2.24, 2.45) is 0 Å². The van der Waals surface area contributed by atoms with Crippen LogP contribution < -0.4 is 4.74 Å². The lowest BCUT2D eigenvalue weighted by Gasteiger charge is -2.16. The summed E-state index contributed by atoms with van der Waals surface area (Å²) in [6, 6.07) is 6.30. The lowest BCUT2D eigenvalue weighted by atomic mass is 10.2. The van der Waals surface area contributed by atoms with E-state index in [0.29, 0.717) is 17.8 Å². The molecule has 2 aromatic heterocycles. The van der Waals surface area contributed by atoms with E-state index in [0.717, 1.165) is 30.9 Å². The Bertz CT molecular complexity index is 577. The minimum atomic E-state index is -0.174. The van der Waals surface area contributed by atoms with E-state index in [2.05, 4.69) is 25.8 Å². The molecule has 1 fully saturated rings. The minimum Gasteiger partial charge on any atom is -0.453 e. The van der Waals surface area contributed by atoms with E-state index < -0.39 is 0 Å². The van der Waals surface area contributed by atoms with Crippen molar-refractivity contribution in [3.8, 4) is 5.75 Å². The molecule has 2 aromatic rings. The van der Waals surface area contributed by atoms with Crippen molar-refractivity contribution in [2.45, 2.75) is 64.8 Å². The van der Waals surface area contributed by atoms with Crippen LogP contribution in [0.2, 0.25) is 0 Å². The molecule has 128 valence electrons. The zero-order valence-electron chi connectivity index (χ0n) is 14.6. The van der Waals surface area contributed by atoms with Gasteiger partial charge in [0, 0.05) is 18.5 Å². The monoisotopic (exact) mass is 319 g/mol. The standard InChI is InChI=1S/C12H14O3.C7H15N/c1-2-3-4-5-12(13)15-11-8-9-6-7-10(11)14-9;1-3-7-5-4-6-8(7)2/h6-8H,2-5H2,1H3;7H,3-6H2,1-2H3. The van der Waals surface area contributed by atoms with Gasteiger partial charge in [-0.15, -0.1) is 0 Å². The van der Waals surface area contributed by atoms with Gasteiger partial charge in [-0.1, -0.05) is 26.7 Å². The van der Waals surface area contributed by atoms with Gasteiger partial charge in [0.25, 0.3) is 0 Å². The van der Waals surface area contributed by atoms with Gasteiger partial charge in [-0.25, -0.2) is 0 Å². The van der Waals surface area contributed by atoms with Crippen molar-refractivity contribution in [3.63, 3.8) is 0 Å². The third-order valence-electron chi connectivity index (χ3n) is 4.49. The summed E-state index contributed by atoms with van der Waals surface area (Å²) in [5, 5.41) is 0. The fourth-order valence-electron chi connectivity index (χ4n) is 3.03. The maximum absolute atomic E-state index is 11.4. The fourth-order valence-corrected chi connectivity index (χ4v) is 3.03. The molecule has 2 bridgehead atoms. The van der Waals surface area contributed by atoms with Crippen LogP contribution in [-0.4, -0.2) is 30.5 Å². The summed E-state index contributed by atoms with van der Waals surface area (Å²) >= 11 is 0. The molecule has 1 unspecified atom stereocenters. The number of ether oxygens (including phenoxy) is 1. The quantitative estimate of drug-likeness (QED) is 0.434. The molecule has 1 saturated heterocycles. The molecule has 0 saturated carbocycles. The molecule has 0 N–H and O–H groups in total. The number of carbonyl (C=O) groups excluding carboxylic acids is 1. The number of hydrogen-bond acceptors (Lipinski definition) is 4. The van der Waals surface area contributed by atoms with Crippen LogP contribution >= 0.6 is 0 Å². The van der Waals surface area contributed by atoms with Gasteiger partial charge in [-0.3, -0.25) is 4.79 Å². The average molecular weight is 319 g/mol. The van der Waals surface area contributed by atoms with Gasteiger partial charge in [0.2, 0.25) is 0 Å². The summed E-state index contributed by atoms with van der Waals surface area (Å²) < 4.78 is 10.4. The molecule has 1 aliphatic rings. The summed E-state index contributed by atoms with van der Waals surface area (Å²) in [6.07, 6.45) is 7.72. The molecule has 3 heterocycles. The van der Waals surface area contributed by atoms with Crippen molar-refractivity contribution < 1.29 is 13.9 Å². The Balaban J connectivity index is 0.000000203. The highest BCUT2D eigenvalue weighted by Gasteiger charge is 2.17. The SMILES string of the molecule is CCC1CCCN1C.CCCCCC(=O)Oc1cc2ccc1o2. The number of benzene rings is 1. The van der Waals surface area contributed by atoms with E-state index in [1.807, 2.05) is 12.1 Å². The van der Waals surface area contributed by atoms with Crippen molar-refractivity contribution in [2.75, 3.05) is 13.6 Å². The van der Waals surface area contributed by atoms with E-state index in [1.165, 1.54) is 25.8 Å². The number of likely N-dealkylation sites (tertiary alicyclic amines) is 1. The molecule has 1 atom stereocenters. The summed E-state index contributed by atoms with van der Waals surface area (Å²) in [5.41, 5.74) is 1.40. The van der Waals surface area contributed by atoms with Crippen LogP contribution in [0.15, 0.2) is 22.6 Å². The second-order valence-electron chi connectivity index (χ2n) is 6.33. The number of nitrogens with zero attached hydrogens (tertiary/aromatic N) is 1. The smallest absolute Gasteiger partial charge is 0.311 e. The van der Waals surface area contributed by atoms with Crippen molar-refractivity contribution >= 4 is 17.1 Å². The zero-order valence-corrected chi connectivity index (χ0v) is 14.6. The Hall–Kier alpha value is -1.55. The average Bonchev–Trinajstić information content (AvgIpc) is 3.24. The summed E-state index contributed by atoms with van der Waals surface area (Å²) in [4.78, 5) is 13.8. The highest BCUT2D eigenvalue weighted by atomic mass is 16.5. The Labute approximate surface area is 139 Å². The van der Waals surface area contributed by atoms with Crippen LogP contribution in [-0.2, 0) is 4.79 Å². The molecule has 0 aliphatic carbocycles. The maximum atomic E-state index is 11.4. The highest BCUT2D eigenvalue weighted by molar-refractivity contribution is 5.78. The summed E-state index contributed by atoms with van der Waals surface area (Å²) in [7, 11) is 2.22. The first-order valence-corrected chi connectivity index (χ1v) is 8.86. The van der Waals surface area contributed by atoms with Crippen LogP contribution in [0.4, 0.5) is 0 Å². The fraction of sp³-hybridized carbons (Fsp3) is 0.632. The second-order valence-corrected chi connectivity index (χ2v) is 6.33. The van der Waals surface area contributed by atoms with Crippen LogP contribution in [0, 0.1) is 0 Å². The Kier molecular flexibility index (Phi) is 6.90. The molecule has 0 amide bonds. The topological polar surface area (TPSA) is 42.7 Å². The van der Waals surface area contributed by atoms with Gasteiger partial charge in [-0.05, 0) is 51.4 Å². The van der Waals surface area contributed by atoms with E-state index in [1.54, 1.807) is 6.07 Å². The highest BCUT2D eigenvalue weighted by Crippen LogP contribution is 2.29. The van der Waals surface area contributed by atoms with Gasteiger partial charge in [-0.2, -0.15) is 0 Å². The summed E-state index contributed by atoms with van der Waals surface area (Å²) in [6.45, 7) is 5.69. The van der Waals surface area contributed by atoms with Crippen molar-refractivity contribution in [1.82, 2.24) is 4.90 Å². The predicted molar refractivity (Wildman–Crippen MR) is 93.1 cm³/mol. The minimum absolute atomic E-state index is 0.174. The van der Waals surface area contributed by atoms with Gasteiger partial charge >= 0.3 is 5.97 Å². The number of fused-ring (bicyclic) bond motifs is 2. The zero-order chi connectivity index (χ0) is 16.7. The first-order valence-electron chi connectivity index (χ1n) is 8.86. The number of carbonyl (C=O) groups is 1. The van der Waals surface area contributed by atoms with Gasteiger partial charge in [0.05, 0.1) is 0 Å². The lowest BCUT2D eigenvalue weighted by molar-refractivity contribution is -0.134. The first kappa shape index (κ1) is 17.8. The molecule has 4 heteroatoms. The van der Waals surface area contributed by atoms with E-state index in [9.17, 15) is 4.79 Å². The molecule has 3 rings (SSSR count). The molecule has 0 radical (unpaired) electrons. The number of hydrogen-bond donors (Lipinski definition) is 0. The van der Waals surface area contributed by atoms with Gasteiger partial charge in [0.1, 0.15) is 5.58 Å². The number of rotatable bonds is 6. The van der Waals surface area contributed by atoms with Crippen molar-refractivity contribution in [1.29, 1.82) is 0 Å². The predicted octanol–water partition coefficient (Wildman–Crippen LogP) is 4.85. The molecule has 1 aliphatic heterocycles. The second kappa shape index (κ2) is 8.92. The van der Waals surface area contributed by atoms with E-state index in [-0.39, 0.29) is 5.97 Å². The van der Waals surface area contributed by atoms with E-state index in [4.69, 9.17) is 9.15 Å². The number of furan rings is 2. The maximum Gasteiger partial charge on any atom is 0.311 e. The molecule has 0 spiro atoms. The molecular formula is C19H29NO3. The largest absolute Gasteiger partial charge is 0.453 e. The first-order chi connectivity index (χ1) is 11.1. The number of unbranched alkanes of at least 4 members (excludes halogenated alkanes) is 2. The Morgan fingerprint density at radius 3 is 2.65 bits per heavy atom. The van der Waals surface area contributed by atoms with Crippen LogP contribution in [0.5, 0.6) is 5.75 Å². The normalized spacial score (nSPS) is 18.1. The number of esters is 1. The van der Waals surface area contributed by atoms with Crippen LogP contribution in [0.1, 0.15) is 58.8 Å². The molecule has 23 heavy (non-hydrogen) atoms. The van der Waals surface area contributed by atoms with Crippen molar-refractivity contribution in [3.05, 3.63) is 18.2 Å². The van der Waals surface area contributed by atoms with E-state index >= 15 is 0 Å². The van der Waals surface area contributed by atoms with Crippen LogP contribution in [0.3, 0.4) is 0 Å².